The summed E-state index contributed by atoms with van der Waals surface area (Å²) in [4.78, 5) is 34.5. The van der Waals surface area contributed by atoms with E-state index >= 15 is 0 Å². The maximum Gasteiger partial charge on any atom is 0.0267 e. The van der Waals surface area contributed by atoms with Crippen LogP contribution < -0.4 is 0 Å². The minimum Gasteiger partial charge on any atom is -0.265 e. The van der Waals surface area contributed by atoms with Crippen LogP contribution >= 0.6 is 9.53 Å². The number of benzene rings is 6. The van der Waals surface area contributed by atoms with E-state index in [9.17, 15) is 16.8 Å². The Kier molecular flexibility index (Phi) is 29.6. The van der Waals surface area contributed by atoms with E-state index in [4.69, 9.17) is 17.9 Å². The predicted octanol–water partition coefficient (Wildman–Crippen LogP) is 13.1. The van der Waals surface area contributed by atoms with Crippen molar-refractivity contribution in [3.63, 3.8) is 0 Å². The van der Waals surface area contributed by atoms with Crippen molar-refractivity contribution < 1.29 is 94.4 Å². The zero-order valence-corrected chi connectivity index (χ0v) is 46.7. The number of rotatable bonds is 6. The number of carbonyl (C=O) groups excluding carboxylic acids is 1. The number of aliphatic carboxylic acids is 1. The molecule has 0 saturated carbocycles. The number of carboxylic acids is 1. The number of pyridine rings is 4. The SMILES string of the molecule is CC(=O)O.C[C-]=O.Cc1ccc(S(=O)(=O)[N-]c2cccc3ccc4cccnc4c23)cc1.Cc1ccc(S(=O)(=O)[N-]c2cccc3ccc4cccnc4c23)cc1.[Cl][Pd+].[O]=[Ag].[Pd].c1ccncc1.c1ccncc1. The molecular formula is C54H47AgClN6O8Pd2S2-2. The molecule has 0 unspecified atom stereocenters. The van der Waals surface area contributed by atoms with Gasteiger partial charge in [0, 0.05) is 75.3 Å². The third-order valence-corrected chi connectivity index (χ3v) is 12.0. The fraction of sp³-hybridized carbons (Fsp3) is 0.0741. The van der Waals surface area contributed by atoms with Gasteiger partial charge in [0.1, 0.15) is 20.0 Å². The Morgan fingerprint density at radius 2 is 0.811 bits per heavy atom. The standard InChI is InChI=1S/2C20H15N2O2S.2C5H5N.C2H4O2.C2H3O.Ag.ClH.O.2Pd/c2*1-14-7-11-17(12-8-14)25(23,24)22-18-6-2-4-15-9-10-16-5-3-13-21-20(16)19(15)18;2*1-2-4-6-5-3-1;1-2(3)4;1-2-3;;;;;/h2*2-13H,1H3;2*1-5H;1H3,(H,3,4);1H3;;1H;;;/q2*-1;;;;-1;;;;;+2/p-1. The van der Waals surface area contributed by atoms with Crippen LogP contribution in [-0.4, -0.2) is 54.1 Å². The Morgan fingerprint density at radius 1 is 0.514 bits per heavy atom. The molecule has 0 radical (unpaired) electrons. The number of sulfonamides is 2. The molecule has 0 aliphatic rings. The molecule has 0 bridgehead atoms. The van der Waals surface area contributed by atoms with Gasteiger partial charge in [0.05, 0.1) is 20.8 Å². The third-order valence-electron chi connectivity index (χ3n) is 9.39. The number of aryl methyl sites for hydroxylation is 2. The van der Waals surface area contributed by atoms with Crippen molar-refractivity contribution in [2.75, 3.05) is 0 Å². The summed E-state index contributed by atoms with van der Waals surface area (Å²) in [7, 11) is -3.10. The van der Waals surface area contributed by atoms with E-state index in [0.29, 0.717) is 11.4 Å². The number of aromatic nitrogens is 4. The second-order valence-electron chi connectivity index (χ2n) is 14.6. The fourth-order valence-corrected chi connectivity index (χ4v) is 8.35. The van der Waals surface area contributed by atoms with Gasteiger partial charge in [-0.25, -0.2) is 16.8 Å². The summed E-state index contributed by atoms with van der Waals surface area (Å²) in [6.45, 7) is 6.23. The average molecular weight is 1330 g/mol. The molecule has 4 aromatic heterocycles. The summed E-state index contributed by atoms with van der Waals surface area (Å²) in [5, 5.41) is 12.6. The molecule has 0 aliphatic carbocycles. The van der Waals surface area contributed by atoms with Crippen LogP contribution in [-0.2, 0) is 92.5 Å². The Balaban J connectivity index is 0.000000355. The molecule has 74 heavy (non-hydrogen) atoms. The van der Waals surface area contributed by atoms with Gasteiger partial charge >= 0.3 is 52.0 Å². The zero-order valence-electron chi connectivity index (χ0n) is 39.7. The molecule has 4 heterocycles. The number of carboxylic acid groups (broad SMARTS) is 1. The summed E-state index contributed by atoms with van der Waals surface area (Å²) < 4.78 is 67.1. The van der Waals surface area contributed by atoms with E-state index in [0.717, 1.165) is 61.4 Å². The van der Waals surface area contributed by atoms with Gasteiger partial charge in [-0.05, 0) is 96.1 Å². The first-order valence-electron chi connectivity index (χ1n) is 21.3. The van der Waals surface area contributed by atoms with Gasteiger partial charge in [-0.15, -0.1) is 11.4 Å². The summed E-state index contributed by atoms with van der Waals surface area (Å²) in [5.74, 6) is -0.833. The Hall–Kier alpha value is -6.25. The summed E-state index contributed by atoms with van der Waals surface area (Å²) in [5.41, 5.74) is 4.31. The van der Waals surface area contributed by atoms with E-state index in [1.54, 1.807) is 131 Å². The molecule has 14 nitrogen and oxygen atoms in total. The molecule has 10 aromatic rings. The molecule has 0 aliphatic heterocycles. The summed E-state index contributed by atoms with van der Waals surface area (Å²) in [6.07, 6.45) is 11.9. The minimum absolute atomic E-state index is 0. The van der Waals surface area contributed by atoms with Crippen molar-refractivity contribution in [1.82, 2.24) is 19.9 Å². The van der Waals surface area contributed by atoms with Gasteiger partial charge in [0.25, 0.3) is 5.97 Å². The van der Waals surface area contributed by atoms with Crippen molar-refractivity contribution in [2.24, 2.45) is 0 Å². The molecule has 20 heteroatoms. The van der Waals surface area contributed by atoms with Gasteiger partial charge in [0.2, 0.25) is 0 Å². The van der Waals surface area contributed by atoms with Gasteiger partial charge < -0.3 is 19.3 Å². The maximum atomic E-state index is 12.7. The van der Waals surface area contributed by atoms with Crippen molar-refractivity contribution in [3.05, 3.63) is 228 Å². The molecule has 1 N–H and O–H groups in total. The normalized spacial score (nSPS) is 9.91. The second-order valence-corrected chi connectivity index (χ2v) is 17.8. The number of halogens is 1. The molecule has 393 valence electrons. The van der Waals surface area contributed by atoms with Crippen molar-refractivity contribution in [3.8, 4) is 0 Å². The summed E-state index contributed by atoms with van der Waals surface area (Å²) >= 11 is 3.92. The zero-order chi connectivity index (χ0) is 53.7. The van der Waals surface area contributed by atoms with Crippen LogP contribution in [0.15, 0.2) is 217 Å². The predicted molar refractivity (Wildman–Crippen MR) is 281 cm³/mol. The van der Waals surface area contributed by atoms with E-state index < -0.39 is 26.0 Å². The van der Waals surface area contributed by atoms with Gasteiger partial charge in [0.15, 0.2) is 0 Å². The molecule has 0 spiro atoms. The average Bonchev–Trinajstić information content (AvgIpc) is 3.41. The number of hydrogen-bond donors (Lipinski definition) is 1. The molecular weight excluding hydrogens is 1280 g/mol. The first kappa shape index (κ1) is 63.9. The summed E-state index contributed by atoms with van der Waals surface area (Å²) in [6, 6.07) is 51.2. The van der Waals surface area contributed by atoms with E-state index in [1.165, 1.54) is 13.2 Å². The van der Waals surface area contributed by atoms with Crippen LogP contribution in [0, 0.1) is 13.8 Å². The van der Waals surface area contributed by atoms with Crippen LogP contribution in [0.4, 0.5) is 11.4 Å². The number of carbonyl (C=O) groups is 1. The molecule has 0 fully saturated rings. The first-order valence-corrected chi connectivity index (χ1v) is 26.8. The van der Waals surface area contributed by atoms with Crippen LogP contribution in [0.3, 0.4) is 0 Å². The number of hydrogen-bond acceptors (Lipinski definition) is 11. The Morgan fingerprint density at radius 3 is 1.09 bits per heavy atom. The minimum atomic E-state index is -3.79. The van der Waals surface area contributed by atoms with Crippen LogP contribution in [0.1, 0.15) is 25.0 Å². The van der Waals surface area contributed by atoms with Crippen LogP contribution in [0.2, 0.25) is 0 Å². The molecule has 0 amide bonds. The molecule has 0 atom stereocenters. The second kappa shape index (κ2) is 34.3. The van der Waals surface area contributed by atoms with Crippen molar-refractivity contribution in [2.45, 2.75) is 37.5 Å². The van der Waals surface area contributed by atoms with Gasteiger partial charge in [-0.1, -0.05) is 120 Å². The van der Waals surface area contributed by atoms with Gasteiger partial charge in [-0.3, -0.25) is 31.0 Å². The third kappa shape index (κ3) is 20.6. The fourth-order valence-electron chi connectivity index (χ4n) is 6.35. The van der Waals surface area contributed by atoms with Crippen LogP contribution in [0.5, 0.6) is 0 Å². The van der Waals surface area contributed by atoms with E-state index in [1.807, 2.05) is 111 Å². The van der Waals surface area contributed by atoms with Crippen molar-refractivity contribution >= 4 is 96.6 Å². The molecule has 6 aromatic carbocycles. The van der Waals surface area contributed by atoms with Crippen molar-refractivity contribution in [1.29, 1.82) is 0 Å². The smallest absolute Gasteiger partial charge is 0.0267 e. The largest absolute Gasteiger partial charge is 0.265 e. The van der Waals surface area contributed by atoms with E-state index in [-0.39, 0.29) is 30.2 Å². The molecule has 0 saturated heterocycles. The Labute approximate surface area is 471 Å². The quantitative estimate of drug-likeness (QED) is 0.0933. The van der Waals surface area contributed by atoms with Gasteiger partial charge in [-0.2, -0.15) is 6.92 Å². The number of nitrogens with zero attached hydrogens (tertiary/aromatic N) is 6. The monoisotopic (exact) mass is 1320 g/mol. The molecule has 10 rings (SSSR count). The maximum absolute atomic E-state index is 12.7. The first-order chi connectivity index (χ1) is 35.2. The number of fused-ring (bicyclic) bond motifs is 6. The van der Waals surface area contributed by atoms with E-state index in [2.05, 4.69) is 57.1 Å². The Bertz CT molecular complexity index is 3230. The van der Waals surface area contributed by atoms with Crippen LogP contribution in [0.25, 0.3) is 52.8 Å². The topological polar surface area (TPSA) is 219 Å².